The fourth-order valence-corrected chi connectivity index (χ4v) is 15.0. The molecule has 0 fully saturated rings. The second-order valence-corrected chi connectivity index (χ2v) is 35.0. The Morgan fingerprint density at radius 1 is 0.312 bits per heavy atom. The molecule has 2 heterocycles. The van der Waals surface area contributed by atoms with Gasteiger partial charge in [0.05, 0.1) is 33.4 Å². The summed E-state index contributed by atoms with van der Waals surface area (Å²) in [7, 11) is 0. The maximum Gasteiger partial charge on any atom is 0.147 e. The minimum atomic E-state index is -0.757. The van der Waals surface area contributed by atoms with E-state index in [1.165, 1.54) is 34.4 Å². The number of unbranched alkanes of at least 4 members (excludes halogenated alkanes) is 2. The number of phenolic OH excluding ortho intramolecular Hbond substituents is 2. The summed E-state index contributed by atoms with van der Waals surface area (Å²) in [4.78, 5) is 0. The Labute approximate surface area is 552 Å². The summed E-state index contributed by atoms with van der Waals surface area (Å²) >= 11 is 0. The predicted octanol–water partition coefficient (Wildman–Crippen LogP) is 24.8. The van der Waals surface area contributed by atoms with Crippen molar-refractivity contribution in [2.45, 2.75) is 230 Å². The topological polar surface area (TPSA) is 50.3 Å². The monoisotopic (exact) mass is 1260 g/mol. The summed E-state index contributed by atoms with van der Waals surface area (Å²) in [5, 5.41) is 30.3. The summed E-state index contributed by atoms with van der Waals surface area (Å²) < 4.78 is 70.1. The van der Waals surface area contributed by atoms with Crippen LogP contribution >= 0.6 is 0 Å². The molecule has 0 unspecified atom stereocenters. The van der Waals surface area contributed by atoms with E-state index in [-0.39, 0.29) is 79.1 Å². The van der Waals surface area contributed by atoms with Gasteiger partial charge in [-0.3, -0.25) is 0 Å². The second-order valence-electron chi connectivity index (χ2n) is 35.0. The van der Waals surface area contributed by atoms with Crippen LogP contribution in [0.3, 0.4) is 0 Å². The zero-order valence-corrected chi connectivity index (χ0v) is 59.8. The SMILES string of the molecule is CC(C)(C)CC(C)(C)c1cc(-c2cc(F)cc(F)c2CCCCCc2c(F)cc(F)cc2-c2cc(C(C)(C)CC(C)(C)C)cc(-n3c4ccc(C(C)(C)C)cc4c4cc(C(C)(C)C)ccc43)c2O)c(O)c(-n2c3ccc(C(C)(C)C)cc3c3cc(C(C)(C)C)ccc32)c1. The van der Waals surface area contributed by atoms with Crippen LogP contribution in [0.5, 0.6) is 11.5 Å². The number of phenols is 2. The molecule has 0 radical (unpaired) electrons. The molecule has 10 aromatic rings. The molecule has 0 aliphatic rings. The molecule has 2 N–H and O–H groups in total. The fourth-order valence-electron chi connectivity index (χ4n) is 15.0. The van der Waals surface area contributed by atoms with Crippen molar-refractivity contribution in [2.24, 2.45) is 10.8 Å². The molecule has 492 valence electrons. The predicted molar refractivity (Wildman–Crippen MR) is 386 cm³/mol. The van der Waals surface area contributed by atoms with Crippen molar-refractivity contribution in [3.63, 3.8) is 0 Å². The number of nitrogens with zero attached hydrogens (tertiary/aromatic N) is 2. The number of rotatable bonds is 14. The third-order valence-corrected chi connectivity index (χ3v) is 19.4. The van der Waals surface area contributed by atoms with Gasteiger partial charge in [-0.15, -0.1) is 0 Å². The number of aromatic hydroxyl groups is 2. The van der Waals surface area contributed by atoms with Crippen LogP contribution in [0.25, 0.3) is 77.2 Å². The first-order valence-electron chi connectivity index (χ1n) is 33.7. The molecule has 0 saturated carbocycles. The van der Waals surface area contributed by atoms with Crippen LogP contribution in [0.15, 0.2) is 121 Å². The van der Waals surface area contributed by atoms with Gasteiger partial charge in [0, 0.05) is 44.8 Å². The first-order valence-corrected chi connectivity index (χ1v) is 33.7. The van der Waals surface area contributed by atoms with Crippen molar-refractivity contribution in [1.82, 2.24) is 9.13 Å². The average Bonchev–Trinajstić information content (AvgIpc) is 1.62. The molecule has 0 spiro atoms. The van der Waals surface area contributed by atoms with Gasteiger partial charge in [-0.25, -0.2) is 17.6 Å². The zero-order chi connectivity index (χ0) is 68.4. The summed E-state index contributed by atoms with van der Waals surface area (Å²) in [6.07, 6.45) is 3.30. The second kappa shape index (κ2) is 23.8. The Balaban J connectivity index is 1.06. The first-order chi connectivity index (χ1) is 42.8. The number of aromatic nitrogens is 2. The molecule has 8 heteroatoms. The van der Waals surface area contributed by atoms with Gasteiger partial charge in [0.15, 0.2) is 0 Å². The highest BCUT2D eigenvalue weighted by atomic mass is 19.1. The highest BCUT2D eigenvalue weighted by Crippen LogP contribution is 2.50. The molecule has 93 heavy (non-hydrogen) atoms. The van der Waals surface area contributed by atoms with Gasteiger partial charge in [0.2, 0.25) is 0 Å². The van der Waals surface area contributed by atoms with Crippen molar-refractivity contribution >= 4 is 43.6 Å². The molecule has 0 atom stereocenters. The third-order valence-electron chi connectivity index (χ3n) is 19.4. The van der Waals surface area contributed by atoms with Crippen molar-refractivity contribution in [1.29, 1.82) is 0 Å². The first kappa shape index (κ1) is 68.5. The Morgan fingerprint density at radius 2 is 0.591 bits per heavy atom. The number of fused-ring (bicyclic) bond motifs is 6. The van der Waals surface area contributed by atoms with Crippen molar-refractivity contribution in [3.8, 4) is 45.1 Å². The zero-order valence-electron chi connectivity index (χ0n) is 59.8. The van der Waals surface area contributed by atoms with Gasteiger partial charge in [-0.2, -0.15) is 0 Å². The van der Waals surface area contributed by atoms with Crippen molar-refractivity contribution in [3.05, 3.63) is 189 Å². The Hall–Kier alpha value is -7.32. The molecule has 10 rings (SSSR count). The molecule has 0 saturated heterocycles. The lowest BCUT2D eigenvalue weighted by atomic mass is 9.71. The van der Waals surface area contributed by atoms with Crippen molar-refractivity contribution < 1.29 is 27.8 Å². The van der Waals surface area contributed by atoms with Crippen LogP contribution in [-0.2, 0) is 45.3 Å². The van der Waals surface area contributed by atoms with Crippen LogP contribution < -0.4 is 0 Å². The van der Waals surface area contributed by atoms with Crippen LogP contribution in [0.1, 0.15) is 229 Å². The van der Waals surface area contributed by atoms with E-state index in [0.29, 0.717) is 41.8 Å². The summed E-state index contributed by atoms with van der Waals surface area (Å²) in [5.41, 5.74) is 11.3. The molecule has 8 aromatic carbocycles. The molecule has 2 aromatic heterocycles. The quantitative estimate of drug-likeness (QED) is 0.0842. The van der Waals surface area contributed by atoms with Gasteiger partial charge < -0.3 is 19.3 Å². The summed E-state index contributed by atoms with van der Waals surface area (Å²) in [6.45, 7) is 48.5. The minimum absolute atomic E-state index is 0.0887. The van der Waals surface area contributed by atoms with E-state index in [9.17, 15) is 10.2 Å². The normalized spacial score (nSPS) is 13.4. The van der Waals surface area contributed by atoms with E-state index in [0.717, 1.165) is 79.7 Å². The van der Waals surface area contributed by atoms with E-state index in [4.69, 9.17) is 0 Å². The highest BCUT2D eigenvalue weighted by Gasteiger charge is 2.34. The van der Waals surface area contributed by atoms with E-state index in [1.54, 1.807) is 0 Å². The van der Waals surface area contributed by atoms with Crippen LogP contribution in [0.4, 0.5) is 17.6 Å². The molecule has 0 aliphatic heterocycles. The van der Waals surface area contributed by atoms with Crippen LogP contribution in [0.2, 0.25) is 0 Å². The van der Waals surface area contributed by atoms with Gasteiger partial charge >= 0.3 is 0 Å². The van der Waals surface area contributed by atoms with E-state index in [1.807, 2.05) is 12.1 Å². The van der Waals surface area contributed by atoms with Gasteiger partial charge in [-0.1, -0.05) is 183 Å². The highest BCUT2D eigenvalue weighted by molar-refractivity contribution is 6.11. The van der Waals surface area contributed by atoms with Crippen LogP contribution in [0, 0.1) is 34.1 Å². The van der Waals surface area contributed by atoms with Crippen molar-refractivity contribution in [2.75, 3.05) is 0 Å². The number of benzene rings is 8. The molecule has 0 bridgehead atoms. The summed E-state index contributed by atoms with van der Waals surface area (Å²) in [6, 6.07) is 38.7. The van der Waals surface area contributed by atoms with Gasteiger partial charge in [0.25, 0.3) is 0 Å². The third kappa shape index (κ3) is 13.8. The van der Waals surface area contributed by atoms with Crippen LogP contribution in [-0.4, -0.2) is 19.3 Å². The minimum Gasteiger partial charge on any atom is -0.505 e. The number of hydrogen-bond donors (Lipinski definition) is 2. The Bertz CT molecular complexity index is 4110. The fraction of sp³-hybridized carbons (Fsp3) is 0.435. The Kier molecular flexibility index (Phi) is 17.6. The standard InChI is InChI=1S/C85H102F4N2O2/c1-78(2,3)48-84(19,20)54-40-66(76(92)74(42-54)90-70-32-28-50(80(7,8)9)36-62(70)63-37-51(81(10,11)12)29-33-71(63)90)60-44-56(86)46-68(88)58(60)26-24-23-25-27-59-61(45-57(87)47-69(59)89)67-41-55(85(21,22)49-79(4,5)6)43-75(77(67)93)91-72-34-30-52(82(13,14)15)38-64(72)65-39-53(83(16,17)18)31-35-73(65)91/h28-47,92-93H,23-27,48-49H2,1-22H3. The Morgan fingerprint density at radius 3 is 0.849 bits per heavy atom. The largest absolute Gasteiger partial charge is 0.505 e. The number of halogens is 4. The average molecular weight is 1260 g/mol. The van der Waals surface area contributed by atoms with E-state index in [2.05, 4.69) is 246 Å². The molecular formula is C85H102F4N2O2. The smallest absolute Gasteiger partial charge is 0.147 e. The van der Waals surface area contributed by atoms with E-state index >= 15 is 17.6 Å². The lowest BCUT2D eigenvalue weighted by Crippen LogP contribution is -2.25. The lowest BCUT2D eigenvalue weighted by Gasteiger charge is -2.34. The van der Waals surface area contributed by atoms with E-state index < -0.39 is 34.1 Å². The molecule has 0 amide bonds. The molecule has 4 nitrogen and oxygen atoms in total. The maximum absolute atomic E-state index is 16.9. The number of hydrogen-bond acceptors (Lipinski definition) is 2. The van der Waals surface area contributed by atoms with Gasteiger partial charge in [-0.05, 0) is 222 Å². The molecular weight excluding hydrogens is 1160 g/mol. The van der Waals surface area contributed by atoms with Gasteiger partial charge in [0.1, 0.15) is 34.8 Å². The maximum atomic E-state index is 16.9. The summed E-state index contributed by atoms with van der Waals surface area (Å²) in [5.74, 6) is -3.12. The molecule has 0 aliphatic carbocycles. The lowest BCUT2D eigenvalue weighted by molar-refractivity contribution is 0.283.